The number of halogens is 1. The molecule has 1 amide bonds. The van der Waals surface area contributed by atoms with Gasteiger partial charge in [0.25, 0.3) is 0 Å². The van der Waals surface area contributed by atoms with E-state index in [0.717, 1.165) is 9.18 Å². The van der Waals surface area contributed by atoms with Gasteiger partial charge in [-0.05, 0) is 19.9 Å². The topological polar surface area (TPSA) is 116 Å². The normalized spacial score (nSPS) is 12.1. The third-order valence-electron chi connectivity index (χ3n) is 3.83. The Kier molecular flexibility index (Phi) is 5.79. The van der Waals surface area contributed by atoms with Crippen molar-refractivity contribution in [1.82, 2.24) is 19.5 Å². The second-order valence-corrected chi connectivity index (χ2v) is 8.07. The molecule has 0 aliphatic heterocycles. The van der Waals surface area contributed by atoms with Gasteiger partial charge in [0.1, 0.15) is 5.82 Å². The average molecular weight is 440 g/mol. The van der Waals surface area contributed by atoms with Gasteiger partial charge < -0.3 is 14.4 Å². The van der Waals surface area contributed by atoms with E-state index in [1.165, 1.54) is 24.5 Å². The average Bonchev–Trinajstić information content (AvgIpc) is 3.11. The maximum atomic E-state index is 11.9. The number of carbonyl (C=O) groups excluding carboxylic acids is 1. The predicted octanol–water partition coefficient (Wildman–Crippen LogP) is 3.10. The summed E-state index contributed by atoms with van der Waals surface area (Å²) in [5.74, 6) is 0.617. The molecule has 28 heavy (non-hydrogen) atoms. The van der Waals surface area contributed by atoms with Crippen molar-refractivity contribution in [2.45, 2.75) is 20.8 Å². The fraction of sp³-hybridized carbons (Fsp3) is 0.250. The van der Waals surface area contributed by atoms with Crippen LogP contribution in [0.25, 0.3) is 10.4 Å². The van der Waals surface area contributed by atoms with Crippen LogP contribution in [0.5, 0.6) is 0 Å². The van der Waals surface area contributed by atoms with Gasteiger partial charge in [0.2, 0.25) is 5.91 Å². The van der Waals surface area contributed by atoms with Crippen molar-refractivity contribution in [2.75, 3.05) is 9.62 Å². The van der Waals surface area contributed by atoms with E-state index in [1.54, 1.807) is 37.7 Å². The summed E-state index contributed by atoms with van der Waals surface area (Å²) >= 11 is 4.79. The number of nitrogens with one attached hydrogen (secondary N) is 1. The lowest BCUT2D eigenvalue weighted by atomic mass is 10.2. The molecule has 3 aromatic rings. The molecule has 3 heterocycles. The number of hydrogen-bond acceptors (Lipinski definition) is 7. The van der Waals surface area contributed by atoms with Crippen molar-refractivity contribution in [2.24, 2.45) is 7.05 Å². The van der Waals surface area contributed by atoms with Crippen LogP contribution in [-0.2, 0) is 23.1 Å². The first-order chi connectivity index (χ1) is 13.2. The minimum atomic E-state index is -2.67. The molecule has 1 atom stereocenters. The summed E-state index contributed by atoms with van der Waals surface area (Å²) in [4.78, 5) is 24.7. The molecule has 0 aliphatic rings. The fourth-order valence-corrected chi connectivity index (χ4v) is 4.26. The van der Waals surface area contributed by atoms with E-state index in [9.17, 15) is 13.6 Å². The van der Waals surface area contributed by atoms with E-state index in [2.05, 4.69) is 20.3 Å². The van der Waals surface area contributed by atoms with Gasteiger partial charge in [0, 0.05) is 31.9 Å². The van der Waals surface area contributed by atoms with Crippen molar-refractivity contribution in [1.29, 1.82) is 0 Å². The Balaban J connectivity index is 2.09. The van der Waals surface area contributed by atoms with E-state index in [0.29, 0.717) is 22.2 Å². The Morgan fingerprint density at radius 2 is 2.11 bits per heavy atom. The summed E-state index contributed by atoms with van der Waals surface area (Å²) in [6.07, 6.45) is 3.11. The number of aromatic nitrogens is 4. The number of nitrogens with zero attached hydrogens (tertiary/aromatic N) is 5. The molecular weight excluding hydrogens is 424 g/mol. The lowest BCUT2D eigenvalue weighted by molar-refractivity contribution is -0.114. The zero-order valence-electron chi connectivity index (χ0n) is 15.4. The number of rotatable bonds is 5. The molecule has 0 aliphatic carbocycles. The van der Waals surface area contributed by atoms with Crippen molar-refractivity contribution < 1.29 is 13.6 Å². The van der Waals surface area contributed by atoms with E-state index >= 15 is 0 Å². The summed E-state index contributed by atoms with van der Waals surface area (Å²) in [6, 6.07) is 1.60. The number of amides is 1. The van der Waals surface area contributed by atoms with Gasteiger partial charge in [-0.3, -0.25) is 9.00 Å². The fourth-order valence-electron chi connectivity index (χ4n) is 2.49. The Morgan fingerprint density at radius 3 is 2.68 bits per heavy atom. The van der Waals surface area contributed by atoms with Gasteiger partial charge in [-0.2, -0.15) is 0 Å². The largest absolute Gasteiger partial charge is 0.755 e. The predicted molar refractivity (Wildman–Crippen MR) is 108 cm³/mol. The number of anilines is 3. The Bertz CT molecular complexity index is 1060. The van der Waals surface area contributed by atoms with E-state index in [4.69, 9.17) is 11.6 Å². The van der Waals surface area contributed by atoms with Crippen LogP contribution in [-0.4, -0.2) is 34.2 Å². The molecule has 3 rings (SSSR count). The van der Waals surface area contributed by atoms with Crippen molar-refractivity contribution in [3.8, 4) is 10.4 Å². The molecule has 0 aromatic carbocycles. The third kappa shape index (κ3) is 4.07. The summed E-state index contributed by atoms with van der Waals surface area (Å²) in [5, 5.41) is 3.10. The second kappa shape index (κ2) is 7.95. The Morgan fingerprint density at radius 1 is 1.39 bits per heavy atom. The highest BCUT2D eigenvalue weighted by atomic mass is 35.5. The van der Waals surface area contributed by atoms with Gasteiger partial charge in [-0.25, -0.2) is 19.3 Å². The summed E-state index contributed by atoms with van der Waals surface area (Å²) in [6.45, 7) is 4.95. The SMILES string of the molecule is CC(=O)Nc1nc(C)c(-c2cnc(Cl)c(N(c3cn(C)c(C)n3)S(=O)[O-])c2)s1. The van der Waals surface area contributed by atoms with Crippen LogP contribution in [0.3, 0.4) is 0 Å². The summed E-state index contributed by atoms with van der Waals surface area (Å²) < 4.78 is 26.6. The highest BCUT2D eigenvalue weighted by Gasteiger charge is 2.20. The van der Waals surface area contributed by atoms with Crippen LogP contribution in [0.4, 0.5) is 16.6 Å². The lowest BCUT2D eigenvalue weighted by Gasteiger charge is -2.24. The van der Waals surface area contributed by atoms with Crippen molar-refractivity contribution >= 4 is 56.7 Å². The van der Waals surface area contributed by atoms with Crippen molar-refractivity contribution in [3.63, 3.8) is 0 Å². The first-order valence-electron chi connectivity index (χ1n) is 7.97. The molecule has 0 saturated carbocycles. The van der Waals surface area contributed by atoms with Crippen LogP contribution in [0.15, 0.2) is 18.5 Å². The van der Waals surface area contributed by atoms with Gasteiger partial charge in [0.15, 0.2) is 16.1 Å². The number of hydrogen-bond donors (Lipinski definition) is 1. The lowest BCUT2D eigenvalue weighted by Crippen LogP contribution is -2.20. The van der Waals surface area contributed by atoms with E-state index in [1.807, 2.05) is 0 Å². The third-order valence-corrected chi connectivity index (χ3v) is 5.93. The van der Waals surface area contributed by atoms with Gasteiger partial charge >= 0.3 is 0 Å². The Hall–Kier alpha value is -2.34. The second-order valence-electron chi connectivity index (χ2n) is 5.92. The number of thiazole rings is 1. The molecule has 0 radical (unpaired) electrons. The van der Waals surface area contributed by atoms with Crippen LogP contribution in [0.2, 0.25) is 5.15 Å². The first kappa shape index (κ1) is 20.4. The van der Waals surface area contributed by atoms with Crippen LogP contribution >= 0.6 is 22.9 Å². The number of imidazole rings is 1. The van der Waals surface area contributed by atoms with Crippen LogP contribution in [0, 0.1) is 13.8 Å². The highest BCUT2D eigenvalue weighted by Crippen LogP contribution is 2.38. The molecule has 0 spiro atoms. The zero-order chi connectivity index (χ0) is 20.6. The zero-order valence-corrected chi connectivity index (χ0v) is 17.8. The molecule has 0 fully saturated rings. The first-order valence-corrected chi connectivity index (χ1v) is 10.2. The standard InChI is InChI=1S/C16H17ClN6O3S2/c1-8-14(27-16(19-8)21-10(3)24)11-5-12(15(17)18-6-11)23(28(25)26)13-7-22(4)9(2)20-13/h5-7H,1-4H3,(H,25,26)(H,19,21,24)/p-1. The summed E-state index contributed by atoms with van der Waals surface area (Å²) in [7, 11) is 1.76. The van der Waals surface area contributed by atoms with Gasteiger partial charge in [-0.15, -0.1) is 0 Å². The van der Waals surface area contributed by atoms with Crippen LogP contribution < -0.4 is 9.62 Å². The molecule has 12 heteroatoms. The smallest absolute Gasteiger partial charge is 0.223 e. The quantitative estimate of drug-likeness (QED) is 0.482. The number of aryl methyl sites for hydroxylation is 3. The molecule has 3 aromatic heterocycles. The maximum absolute atomic E-state index is 11.9. The molecule has 9 nitrogen and oxygen atoms in total. The van der Waals surface area contributed by atoms with E-state index in [-0.39, 0.29) is 22.6 Å². The van der Waals surface area contributed by atoms with Crippen molar-refractivity contribution in [3.05, 3.63) is 35.1 Å². The molecule has 0 saturated heterocycles. The molecule has 148 valence electrons. The minimum absolute atomic E-state index is 0.0144. The molecule has 1 unspecified atom stereocenters. The molecule has 1 N–H and O–H groups in total. The number of carbonyl (C=O) groups is 1. The minimum Gasteiger partial charge on any atom is -0.755 e. The molecular formula is C16H16ClN6O3S2-. The van der Waals surface area contributed by atoms with Gasteiger partial charge in [-0.1, -0.05) is 22.9 Å². The van der Waals surface area contributed by atoms with E-state index < -0.39 is 11.3 Å². The number of pyridine rings is 1. The van der Waals surface area contributed by atoms with Crippen LogP contribution in [0.1, 0.15) is 18.4 Å². The maximum Gasteiger partial charge on any atom is 0.223 e. The summed E-state index contributed by atoms with van der Waals surface area (Å²) in [5.41, 5.74) is 1.46. The highest BCUT2D eigenvalue weighted by molar-refractivity contribution is 7.81. The Labute approximate surface area is 172 Å². The monoisotopic (exact) mass is 439 g/mol. The molecule has 0 bridgehead atoms. The van der Waals surface area contributed by atoms with Gasteiger partial charge in [0.05, 0.1) is 27.5 Å².